The van der Waals surface area contributed by atoms with Crippen LogP contribution in [-0.2, 0) is 0 Å². The maximum atomic E-state index is 12.0. The van der Waals surface area contributed by atoms with E-state index >= 15 is 0 Å². The van der Waals surface area contributed by atoms with Crippen molar-refractivity contribution in [2.45, 2.75) is 19.8 Å². The summed E-state index contributed by atoms with van der Waals surface area (Å²) >= 11 is 3.46. The maximum absolute atomic E-state index is 12.0. The Morgan fingerprint density at radius 3 is 2.50 bits per heavy atom. The van der Waals surface area contributed by atoms with Crippen LogP contribution in [0.5, 0.6) is 5.75 Å². The first-order chi connectivity index (χ1) is 9.58. The van der Waals surface area contributed by atoms with Crippen molar-refractivity contribution in [3.63, 3.8) is 0 Å². The fourth-order valence-electron chi connectivity index (χ4n) is 1.95. The lowest BCUT2D eigenvalue weighted by molar-refractivity contribution is 0.0920. The Labute approximate surface area is 127 Å². The number of halogens is 1. The lowest BCUT2D eigenvalue weighted by atomic mass is 10.0. The molecule has 20 heavy (non-hydrogen) atoms. The van der Waals surface area contributed by atoms with Crippen molar-refractivity contribution in [3.05, 3.63) is 64.1 Å². The number of carbonyl (C=O) groups is 1. The van der Waals surface area contributed by atoms with Crippen LogP contribution in [0, 0.1) is 0 Å². The van der Waals surface area contributed by atoms with Gasteiger partial charge < -0.3 is 4.74 Å². The summed E-state index contributed by atoms with van der Waals surface area (Å²) in [6.45, 7) is 4.27. The van der Waals surface area contributed by atoms with Crippen LogP contribution in [-0.4, -0.2) is 12.4 Å². The van der Waals surface area contributed by atoms with Crippen molar-refractivity contribution >= 4 is 21.7 Å². The Bertz CT molecular complexity index is 591. The van der Waals surface area contributed by atoms with Gasteiger partial charge in [-0.05, 0) is 29.7 Å². The van der Waals surface area contributed by atoms with Crippen molar-refractivity contribution in [1.82, 2.24) is 0 Å². The molecule has 0 heterocycles. The molecule has 0 aromatic heterocycles. The second kappa shape index (κ2) is 6.71. The molecule has 0 aliphatic rings. The third kappa shape index (κ3) is 3.70. The van der Waals surface area contributed by atoms with Gasteiger partial charge in [-0.25, -0.2) is 0 Å². The number of hydrogen-bond acceptors (Lipinski definition) is 2. The molecule has 2 aromatic rings. The van der Waals surface area contributed by atoms with Gasteiger partial charge in [0.25, 0.3) is 0 Å². The van der Waals surface area contributed by atoms with Crippen molar-refractivity contribution in [3.8, 4) is 5.75 Å². The number of ketones is 1. The molecule has 0 aliphatic heterocycles. The zero-order valence-electron chi connectivity index (χ0n) is 11.6. The molecular formula is C17H17BrO2. The molecule has 0 atom stereocenters. The molecular weight excluding hydrogens is 316 g/mol. The van der Waals surface area contributed by atoms with Gasteiger partial charge in [-0.15, -0.1) is 0 Å². The Morgan fingerprint density at radius 1 is 1.15 bits per heavy atom. The number of carbonyl (C=O) groups excluding carboxylic acids is 1. The predicted octanol–water partition coefficient (Wildman–Crippen LogP) is 4.83. The largest absolute Gasteiger partial charge is 0.485 e. The lowest BCUT2D eigenvalue weighted by Crippen LogP contribution is -2.12. The summed E-state index contributed by atoms with van der Waals surface area (Å²) in [5, 5.41) is 0. The fourth-order valence-corrected chi connectivity index (χ4v) is 2.33. The van der Waals surface area contributed by atoms with Crippen LogP contribution in [0.1, 0.15) is 35.7 Å². The quantitative estimate of drug-likeness (QED) is 0.732. The summed E-state index contributed by atoms with van der Waals surface area (Å²) in [6.07, 6.45) is 0. The van der Waals surface area contributed by atoms with E-state index in [1.165, 1.54) is 0 Å². The van der Waals surface area contributed by atoms with Crippen LogP contribution in [0.25, 0.3) is 0 Å². The van der Waals surface area contributed by atoms with Crippen molar-refractivity contribution in [2.75, 3.05) is 6.61 Å². The predicted molar refractivity (Wildman–Crippen MR) is 84.5 cm³/mol. The van der Waals surface area contributed by atoms with Gasteiger partial charge in [0, 0.05) is 10.0 Å². The lowest BCUT2D eigenvalue weighted by Gasteiger charge is -2.14. The third-order valence-electron chi connectivity index (χ3n) is 3.05. The van der Waals surface area contributed by atoms with E-state index in [-0.39, 0.29) is 12.4 Å². The van der Waals surface area contributed by atoms with E-state index in [1.807, 2.05) is 36.4 Å². The monoisotopic (exact) mass is 332 g/mol. The van der Waals surface area contributed by atoms with Crippen LogP contribution in [0.15, 0.2) is 53.0 Å². The van der Waals surface area contributed by atoms with Crippen LogP contribution >= 0.6 is 15.9 Å². The second-order valence-corrected chi connectivity index (χ2v) is 5.83. The average molecular weight is 333 g/mol. The van der Waals surface area contributed by atoms with Crippen LogP contribution in [0.2, 0.25) is 0 Å². The molecule has 0 unspecified atom stereocenters. The normalized spacial score (nSPS) is 10.6. The molecule has 0 radical (unpaired) electrons. The van der Waals surface area contributed by atoms with Gasteiger partial charge >= 0.3 is 0 Å². The van der Waals surface area contributed by atoms with E-state index in [9.17, 15) is 4.79 Å². The van der Waals surface area contributed by atoms with Gasteiger partial charge in [-0.1, -0.05) is 60.1 Å². The Balaban J connectivity index is 2.10. The van der Waals surface area contributed by atoms with Crippen LogP contribution in [0.4, 0.5) is 0 Å². The summed E-state index contributed by atoms with van der Waals surface area (Å²) in [6, 6.07) is 15.1. The molecule has 0 aliphatic carbocycles. The van der Waals surface area contributed by atoms with Gasteiger partial charge in [-0.2, -0.15) is 0 Å². The van der Waals surface area contributed by atoms with Gasteiger partial charge in [0.15, 0.2) is 12.4 Å². The molecule has 0 bridgehead atoms. The smallest absolute Gasteiger partial charge is 0.200 e. The summed E-state index contributed by atoms with van der Waals surface area (Å²) in [4.78, 5) is 12.0. The topological polar surface area (TPSA) is 26.3 Å². The summed E-state index contributed by atoms with van der Waals surface area (Å²) in [5.74, 6) is 1.10. The minimum absolute atomic E-state index is 0.0109. The first-order valence-electron chi connectivity index (χ1n) is 6.58. The number of Topliss-reactive ketones (excluding diaryl/α,β-unsaturated/α-hetero) is 1. The third-order valence-corrected chi connectivity index (χ3v) is 3.54. The standard InChI is InChI=1S/C17H17BrO2/c1-12(2)15-10-14(18)8-9-17(15)20-11-16(19)13-6-4-3-5-7-13/h3-10,12H,11H2,1-2H3. The molecule has 0 amide bonds. The molecule has 2 aromatic carbocycles. The molecule has 0 saturated carbocycles. The highest BCUT2D eigenvalue weighted by atomic mass is 79.9. The highest BCUT2D eigenvalue weighted by molar-refractivity contribution is 9.10. The van der Waals surface area contributed by atoms with E-state index in [1.54, 1.807) is 12.1 Å². The Hall–Kier alpha value is -1.61. The zero-order valence-corrected chi connectivity index (χ0v) is 13.2. The molecule has 0 N–H and O–H groups in total. The molecule has 3 heteroatoms. The first kappa shape index (κ1) is 14.8. The number of hydrogen-bond donors (Lipinski definition) is 0. The van der Waals surface area contributed by atoms with E-state index in [2.05, 4.69) is 29.8 Å². The average Bonchev–Trinajstić information content (AvgIpc) is 2.46. The Kier molecular flexibility index (Phi) is 4.96. The van der Waals surface area contributed by atoms with E-state index in [4.69, 9.17) is 4.74 Å². The van der Waals surface area contributed by atoms with Crippen LogP contribution < -0.4 is 4.74 Å². The van der Waals surface area contributed by atoms with Crippen molar-refractivity contribution < 1.29 is 9.53 Å². The summed E-state index contributed by atoms with van der Waals surface area (Å²) in [7, 11) is 0. The van der Waals surface area contributed by atoms with Crippen LogP contribution in [0.3, 0.4) is 0 Å². The molecule has 0 saturated heterocycles. The van der Waals surface area contributed by atoms with Gasteiger partial charge in [-0.3, -0.25) is 4.79 Å². The fraction of sp³-hybridized carbons (Fsp3) is 0.235. The zero-order chi connectivity index (χ0) is 14.5. The van der Waals surface area contributed by atoms with Crippen molar-refractivity contribution in [2.24, 2.45) is 0 Å². The van der Waals surface area contributed by atoms with E-state index in [0.717, 1.165) is 15.8 Å². The second-order valence-electron chi connectivity index (χ2n) is 4.91. The number of benzene rings is 2. The van der Waals surface area contributed by atoms with Gasteiger partial charge in [0.1, 0.15) is 5.75 Å². The molecule has 2 nitrogen and oxygen atoms in total. The molecule has 104 valence electrons. The van der Waals surface area contributed by atoms with Gasteiger partial charge in [0.05, 0.1) is 0 Å². The highest BCUT2D eigenvalue weighted by Crippen LogP contribution is 2.29. The molecule has 0 fully saturated rings. The minimum Gasteiger partial charge on any atom is -0.485 e. The first-order valence-corrected chi connectivity index (χ1v) is 7.37. The van der Waals surface area contributed by atoms with Gasteiger partial charge in [0.2, 0.25) is 0 Å². The minimum atomic E-state index is -0.0109. The number of ether oxygens (including phenoxy) is 1. The van der Waals surface area contributed by atoms with Crippen molar-refractivity contribution in [1.29, 1.82) is 0 Å². The summed E-state index contributed by atoms with van der Waals surface area (Å²) in [5.41, 5.74) is 1.77. The van der Waals surface area contributed by atoms with E-state index in [0.29, 0.717) is 11.5 Å². The number of rotatable bonds is 5. The van der Waals surface area contributed by atoms with E-state index < -0.39 is 0 Å². The highest BCUT2D eigenvalue weighted by Gasteiger charge is 2.11. The Morgan fingerprint density at radius 2 is 1.85 bits per heavy atom. The molecule has 2 rings (SSSR count). The maximum Gasteiger partial charge on any atom is 0.200 e. The SMILES string of the molecule is CC(C)c1cc(Br)ccc1OCC(=O)c1ccccc1. The molecule has 0 spiro atoms. The summed E-state index contributed by atoms with van der Waals surface area (Å²) < 4.78 is 6.72.